The third-order valence-corrected chi connectivity index (χ3v) is 3.60. The second kappa shape index (κ2) is 7.11. The van der Waals surface area contributed by atoms with Crippen LogP contribution < -0.4 is 10.6 Å². The van der Waals surface area contributed by atoms with Crippen molar-refractivity contribution in [3.05, 3.63) is 53.0 Å². The lowest BCUT2D eigenvalue weighted by molar-refractivity contribution is -0.136. The molecule has 2 amide bonds. The van der Waals surface area contributed by atoms with Crippen LogP contribution in [0.2, 0.25) is 0 Å². The number of carbonyl (C=O) groups is 2. The lowest BCUT2D eigenvalue weighted by Gasteiger charge is -2.12. The van der Waals surface area contributed by atoms with Gasteiger partial charge in [0.2, 0.25) is 0 Å². The molecule has 1 heterocycles. The van der Waals surface area contributed by atoms with E-state index in [4.69, 9.17) is 4.42 Å². The van der Waals surface area contributed by atoms with E-state index < -0.39 is 17.9 Å². The number of hydrogen-bond donors (Lipinski definition) is 3. The molecule has 2 aromatic rings. The van der Waals surface area contributed by atoms with Gasteiger partial charge in [0.1, 0.15) is 17.6 Å². The van der Waals surface area contributed by atoms with E-state index in [1.807, 2.05) is 19.9 Å². The molecule has 0 spiro atoms. The first kappa shape index (κ1) is 16.8. The van der Waals surface area contributed by atoms with Crippen molar-refractivity contribution in [2.24, 2.45) is 0 Å². The van der Waals surface area contributed by atoms with Gasteiger partial charge in [-0.2, -0.15) is 0 Å². The van der Waals surface area contributed by atoms with Gasteiger partial charge in [0.15, 0.2) is 0 Å². The summed E-state index contributed by atoms with van der Waals surface area (Å²) in [5.74, 6) is -0.578. The number of nitrogens with one attached hydrogen (secondary N) is 2. The Hall–Kier alpha value is -2.60. The van der Waals surface area contributed by atoms with Gasteiger partial charge in [-0.25, -0.2) is 0 Å². The summed E-state index contributed by atoms with van der Waals surface area (Å²) in [6.07, 6.45) is -0.999. The Kier molecular flexibility index (Phi) is 5.18. The molecule has 1 aromatic heterocycles. The highest BCUT2D eigenvalue weighted by molar-refractivity contribution is 6.39. The standard InChI is InChI=1S/C17H20N2O4/c1-10-5-4-6-13(12(10)3)19-17(22)16(21)18-9-14(20)15-8-7-11(2)23-15/h4-8,14,20H,9H2,1-3H3,(H,18,21)(H,19,22). The molecule has 1 unspecified atom stereocenters. The van der Waals surface area contributed by atoms with Crippen LogP contribution in [0.25, 0.3) is 0 Å². The minimum Gasteiger partial charge on any atom is -0.464 e. The van der Waals surface area contributed by atoms with E-state index in [1.165, 1.54) is 0 Å². The quantitative estimate of drug-likeness (QED) is 0.752. The number of benzene rings is 1. The molecule has 6 nitrogen and oxygen atoms in total. The number of amides is 2. The summed E-state index contributed by atoms with van der Waals surface area (Å²) in [6, 6.07) is 8.80. The zero-order valence-corrected chi connectivity index (χ0v) is 13.3. The molecule has 0 fully saturated rings. The molecule has 1 aromatic carbocycles. The Labute approximate surface area is 134 Å². The van der Waals surface area contributed by atoms with Crippen molar-refractivity contribution in [3.8, 4) is 0 Å². The maximum Gasteiger partial charge on any atom is 0.313 e. The number of hydrogen-bond acceptors (Lipinski definition) is 4. The Morgan fingerprint density at radius 1 is 1.13 bits per heavy atom. The van der Waals surface area contributed by atoms with Crippen molar-refractivity contribution in [2.45, 2.75) is 26.9 Å². The molecule has 0 radical (unpaired) electrons. The minimum atomic E-state index is -0.999. The molecule has 2 rings (SSSR count). The minimum absolute atomic E-state index is 0.105. The monoisotopic (exact) mass is 316 g/mol. The van der Waals surface area contributed by atoms with E-state index in [2.05, 4.69) is 10.6 Å². The molecule has 23 heavy (non-hydrogen) atoms. The first-order valence-corrected chi connectivity index (χ1v) is 7.28. The zero-order chi connectivity index (χ0) is 17.0. The first-order chi connectivity index (χ1) is 10.9. The van der Waals surface area contributed by atoms with Crippen molar-refractivity contribution in [2.75, 3.05) is 11.9 Å². The predicted octanol–water partition coefficient (Wildman–Crippen LogP) is 1.99. The van der Waals surface area contributed by atoms with Crippen molar-refractivity contribution >= 4 is 17.5 Å². The SMILES string of the molecule is Cc1ccc(C(O)CNC(=O)C(=O)Nc2cccc(C)c2C)o1. The van der Waals surface area contributed by atoms with Crippen molar-refractivity contribution in [1.29, 1.82) is 0 Å². The summed E-state index contributed by atoms with van der Waals surface area (Å²) in [4.78, 5) is 23.7. The molecule has 6 heteroatoms. The predicted molar refractivity (Wildman–Crippen MR) is 86.0 cm³/mol. The molecule has 0 saturated heterocycles. The normalized spacial score (nSPS) is 11.8. The number of rotatable bonds is 4. The second-order valence-electron chi connectivity index (χ2n) is 5.38. The number of aryl methyl sites for hydroxylation is 2. The zero-order valence-electron chi connectivity index (χ0n) is 13.3. The average molecular weight is 316 g/mol. The Morgan fingerprint density at radius 2 is 1.87 bits per heavy atom. The van der Waals surface area contributed by atoms with Gasteiger partial charge in [-0.3, -0.25) is 9.59 Å². The van der Waals surface area contributed by atoms with E-state index >= 15 is 0 Å². The maximum atomic E-state index is 11.9. The number of carbonyl (C=O) groups excluding carboxylic acids is 2. The lowest BCUT2D eigenvalue weighted by atomic mass is 10.1. The number of furan rings is 1. The summed E-state index contributed by atoms with van der Waals surface area (Å²) in [6.45, 7) is 5.44. The average Bonchev–Trinajstić information content (AvgIpc) is 2.95. The van der Waals surface area contributed by atoms with Crippen molar-refractivity contribution < 1.29 is 19.1 Å². The van der Waals surface area contributed by atoms with Gasteiger partial charge < -0.3 is 20.2 Å². The van der Waals surface area contributed by atoms with Gasteiger partial charge >= 0.3 is 11.8 Å². The Balaban J connectivity index is 1.90. The van der Waals surface area contributed by atoms with Crippen molar-refractivity contribution in [1.82, 2.24) is 5.32 Å². The highest BCUT2D eigenvalue weighted by atomic mass is 16.4. The lowest BCUT2D eigenvalue weighted by Crippen LogP contribution is -2.37. The summed E-state index contributed by atoms with van der Waals surface area (Å²) in [7, 11) is 0. The van der Waals surface area contributed by atoms with E-state index in [0.717, 1.165) is 11.1 Å². The Bertz CT molecular complexity index is 721. The first-order valence-electron chi connectivity index (χ1n) is 7.28. The summed E-state index contributed by atoms with van der Waals surface area (Å²) in [5.41, 5.74) is 2.51. The van der Waals surface area contributed by atoms with Gasteiger partial charge in [0, 0.05) is 5.69 Å². The smallest absolute Gasteiger partial charge is 0.313 e. The summed E-state index contributed by atoms with van der Waals surface area (Å²) >= 11 is 0. The van der Waals surface area contributed by atoms with Crippen LogP contribution in [-0.2, 0) is 9.59 Å². The highest BCUT2D eigenvalue weighted by Gasteiger charge is 2.18. The van der Waals surface area contributed by atoms with Gasteiger partial charge in [-0.1, -0.05) is 12.1 Å². The summed E-state index contributed by atoms with van der Waals surface area (Å²) in [5, 5.41) is 14.8. The highest BCUT2D eigenvalue weighted by Crippen LogP contribution is 2.18. The van der Waals surface area contributed by atoms with Gasteiger partial charge in [-0.05, 0) is 50.1 Å². The fraction of sp³-hybridized carbons (Fsp3) is 0.294. The fourth-order valence-corrected chi connectivity index (χ4v) is 2.07. The van der Waals surface area contributed by atoms with Crippen LogP contribution in [0.1, 0.15) is 28.8 Å². The van der Waals surface area contributed by atoms with Crippen LogP contribution in [0.5, 0.6) is 0 Å². The van der Waals surface area contributed by atoms with Gasteiger partial charge in [-0.15, -0.1) is 0 Å². The molecule has 122 valence electrons. The molecule has 0 saturated carbocycles. The molecular weight excluding hydrogens is 296 g/mol. The van der Waals surface area contributed by atoms with Crippen LogP contribution in [0.3, 0.4) is 0 Å². The third kappa shape index (κ3) is 4.20. The van der Waals surface area contributed by atoms with E-state index in [1.54, 1.807) is 31.2 Å². The molecule has 0 aliphatic carbocycles. The second-order valence-corrected chi connectivity index (χ2v) is 5.38. The molecular formula is C17H20N2O4. The molecule has 0 aliphatic heterocycles. The van der Waals surface area contributed by atoms with Crippen LogP contribution >= 0.6 is 0 Å². The Morgan fingerprint density at radius 3 is 2.52 bits per heavy atom. The van der Waals surface area contributed by atoms with E-state index in [0.29, 0.717) is 17.2 Å². The molecule has 0 bridgehead atoms. The molecule has 0 aliphatic rings. The van der Waals surface area contributed by atoms with Crippen LogP contribution in [-0.4, -0.2) is 23.5 Å². The molecule has 1 atom stereocenters. The van der Waals surface area contributed by atoms with E-state index in [-0.39, 0.29) is 6.54 Å². The van der Waals surface area contributed by atoms with Crippen LogP contribution in [0.15, 0.2) is 34.7 Å². The number of aliphatic hydroxyl groups is 1. The third-order valence-electron chi connectivity index (χ3n) is 3.60. The summed E-state index contributed by atoms with van der Waals surface area (Å²) < 4.78 is 5.26. The molecule has 3 N–H and O–H groups in total. The van der Waals surface area contributed by atoms with E-state index in [9.17, 15) is 14.7 Å². The van der Waals surface area contributed by atoms with Crippen LogP contribution in [0, 0.1) is 20.8 Å². The van der Waals surface area contributed by atoms with Gasteiger partial charge in [0.05, 0.1) is 6.54 Å². The topological polar surface area (TPSA) is 91.6 Å². The number of aliphatic hydroxyl groups excluding tert-OH is 1. The van der Waals surface area contributed by atoms with Crippen LogP contribution in [0.4, 0.5) is 5.69 Å². The van der Waals surface area contributed by atoms with Crippen molar-refractivity contribution in [3.63, 3.8) is 0 Å². The maximum absolute atomic E-state index is 11.9. The van der Waals surface area contributed by atoms with Gasteiger partial charge in [0.25, 0.3) is 0 Å². The fourth-order valence-electron chi connectivity index (χ4n) is 2.07. The largest absolute Gasteiger partial charge is 0.464 e. The number of anilines is 1.